The van der Waals surface area contributed by atoms with Crippen molar-refractivity contribution in [3.63, 3.8) is 0 Å². The van der Waals surface area contributed by atoms with Crippen molar-refractivity contribution in [3.8, 4) is 0 Å². The van der Waals surface area contributed by atoms with Gasteiger partial charge in [0.1, 0.15) is 0 Å². The van der Waals surface area contributed by atoms with Crippen molar-refractivity contribution in [2.75, 3.05) is 32.7 Å². The molecule has 2 atom stereocenters. The van der Waals surface area contributed by atoms with Gasteiger partial charge in [-0.05, 0) is 24.7 Å². The lowest BCUT2D eigenvalue weighted by Crippen LogP contribution is -2.35. The van der Waals surface area contributed by atoms with Gasteiger partial charge in [-0.3, -0.25) is 0 Å². The smallest absolute Gasteiger partial charge is 0.307 e. The summed E-state index contributed by atoms with van der Waals surface area (Å²) in [6.07, 6.45) is -0.106. The van der Waals surface area contributed by atoms with Gasteiger partial charge in [-0.15, -0.1) is 0 Å². The second-order valence-corrected chi connectivity index (χ2v) is 5.00. The fourth-order valence-corrected chi connectivity index (χ4v) is 2.98. The summed E-state index contributed by atoms with van der Waals surface area (Å²) in [7, 11) is 0. The first-order chi connectivity index (χ1) is 7.54. The molecule has 94 valence electrons. The number of halogens is 3. The number of nitrogens with one attached hydrogen (secondary N) is 1. The maximum Gasteiger partial charge on any atom is 0.401 e. The summed E-state index contributed by atoms with van der Waals surface area (Å²) in [6.45, 7) is 2.52. The van der Waals surface area contributed by atoms with Gasteiger partial charge in [-0.1, -0.05) is 6.42 Å². The van der Waals surface area contributed by atoms with Crippen LogP contribution in [0.5, 0.6) is 0 Å². The molecule has 0 aromatic carbocycles. The quantitative estimate of drug-likeness (QED) is 0.750. The Morgan fingerprint density at radius 2 is 1.75 bits per heavy atom. The molecule has 0 aromatic rings. The molecule has 2 rings (SSSR count). The molecule has 5 heteroatoms. The van der Waals surface area contributed by atoms with Crippen LogP contribution in [-0.4, -0.2) is 43.8 Å². The zero-order valence-corrected chi connectivity index (χ0v) is 9.39. The molecule has 2 aliphatic rings. The summed E-state index contributed by atoms with van der Waals surface area (Å²) >= 11 is 0. The summed E-state index contributed by atoms with van der Waals surface area (Å²) in [4.78, 5) is 2.30. The molecule has 0 aromatic heterocycles. The fraction of sp³-hybridized carbons (Fsp3) is 1.00. The second-order valence-electron chi connectivity index (χ2n) is 5.00. The summed E-state index contributed by atoms with van der Waals surface area (Å²) in [6, 6.07) is 0. The monoisotopic (exact) mass is 236 g/mol. The van der Waals surface area contributed by atoms with Gasteiger partial charge in [-0.25, -0.2) is 0 Å². The second kappa shape index (κ2) is 4.92. The molecular weight excluding hydrogens is 217 g/mol. The number of hydrogen-bond acceptors (Lipinski definition) is 2. The van der Waals surface area contributed by atoms with E-state index in [1.807, 2.05) is 0 Å². The number of rotatable bonds is 4. The normalized spacial score (nSPS) is 30.9. The van der Waals surface area contributed by atoms with Crippen LogP contribution in [0, 0.1) is 11.8 Å². The maximum absolute atomic E-state index is 11.9. The molecule has 0 amide bonds. The predicted octanol–water partition coefficient (Wildman–Crippen LogP) is 1.87. The molecule has 0 radical (unpaired) electrons. The number of likely N-dealkylation sites (tertiary alicyclic amines) is 1. The Morgan fingerprint density at radius 3 is 2.31 bits per heavy atom. The van der Waals surface area contributed by atoms with Crippen molar-refractivity contribution in [2.45, 2.75) is 25.4 Å². The van der Waals surface area contributed by atoms with Crippen LogP contribution < -0.4 is 5.32 Å². The number of nitrogens with zero attached hydrogens (tertiary/aromatic N) is 1. The largest absolute Gasteiger partial charge is 0.401 e. The molecule has 16 heavy (non-hydrogen) atoms. The minimum Gasteiger partial charge on any atom is -0.307 e. The Morgan fingerprint density at radius 1 is 1.12 bits per heavy atom. The van der Waals surface area contributed by atoms with E-state index >= 15 is 0 Å². The van der Waals surface area contributed by atoms with Gasteiger partial charge in [0, 0.05) is 26.2 Å². The van der Waals surface area contributed by atoms with Gasteiger partial charge < -0.3 is 10.2 Å². The van der Waals surface area contributed by atoms with Gasteiger partial charge in [-0.2, -0.15) is 13.2 Å². The lowest BCUT2D eigenvalue weighted by atomic mass is 10.0. The first-order valence-corrected chi connectivity index (χ1v) is 6.04. The van der Waals surface area contributed by atoms with Crippen molar-refractivity contribution < 1.29 is 13.2 Å². The standard InChI is InChI=1S/C11H19F3N2/c12-11(13,14)8-15-4-5-16-6-9-2-1-3-10(9)7-16/h9-10,15H,1-8H2. The molecule has 1 saturated heterocycles. The van der Waals surface area contributed by atoms with Crippen molar-refractivity contribution in [1.29, 1.82) is 0 Å². The minimum atomic E-state index is -4.08. The van der Waals surface area contributed by atoms with Crippen LogP contribution in [0.25, 0.3) is 0 Å². The molecule has 1 aliphatic heterocycles. The average molecular weight is 236 g/mol. The van der Waals surface area contributed by atoms with E-state index in [2.05, 4.69) is 10.2 Å². The van der Waals surface area contributed by atoms with E-state index in [9.17, 15) is 13.2 Å². The van der Waals surface area contributed by atoms with Gasteiger partial charge >= 0.3 is 6.18 Å². The van der Waals surface area contributed by atoms with Crippen molar-refractivity contribution in [1.82, 2.24) is 10.2 Å². The van der Waals surface area contributed by atoms with Crippen LogP contribution >= 0.6 is 0 Å². The Kier molecular flexibility index (Phi) is 3.74. The Bertz CT molecular complexity index is 218. The van der Waals surface area contributed by atoms with Gasteiger partial charge in [0.15, 0.2) is 0 Å². The Hall–Kier alpha value is -0.290. The van der Waals surface area contributed by atoms with E-state index in [0.717, 1.165) is 31.5 Å². The van der Waals surface area contributed by atoms with Gasteiger partial charge in [0.05, 0.1) is 6.54 Å². The maximum atomic E-state index is 11.9. The number of fused-ring (bicyclic) bond motifs is 1. The van der Waals surface area contributed by atoms with Crippen molar-refractivity contribution in [2.24, 2.45) is 11.8 Å². The van der Waals surface area contributed by atoms with E-state index in [1.165, 1.54) is 19.3 Å². The van der Waals surface area contributed by atoms with Crippen LogP contribution in [0.2, 0.25) is 0 Å². The Balaban J connectivity index is 1.58. The highest BCUT2D eigenvalue weighted by Gasteiger charge is 2.35. The summed E-state index contributed by atoms with van der Waals surface area (Å²) in [5.41, 5.74) is 0. The lowest BCUT2D eigenvalue weighted by Gasteiger charge is -2.17. The predicted molar refractivity (Wildman–Crippen MR) is 56.2 cm³/mol. The van der Waals surface area contributed by atoms with Crippen LogP contribution in [0.1, 0.15) is 19.3 Å². The third kappa shape index (κ3) is 3.35. The van der Waals surface area contributed by atoms with E-state index in [1.54, 1.807) is 0 Å². The average Bonchev–Trinajstić information content (AvgIpc) is 2.70. The zero-order valence-electron chi connectivity index (χ0n) is 9.39. The Labute approximate surface area is 94.2 Å². The van der Waals surface area contributed by atoms with E-state index in [-0.39, 0.29) is 0 Å². The van der Waals surface area contributed by atoms with E-state index in [4.69, 9.17) is 0 Å². The topological polar surface area (TPSA) is 15.3 Å². The highest BCUT2D eigenvalue weighted by molar-refractivity contribution is 4.88. The van der Waals surface area contributed by atoms with Crippen LogP contribution in [-0.2, 0) is 0 Å². The highest BCUT2D eigenvalue weighted by Crippen LogP contribution is 2.37. The van der Waals surface area contributed by atoms with Crippen molar-refractivity contribution in [3.05, 3.63) is 0 Å². The summed E-state index contributed by atoms with van der Waals surface area (Å²) in [5.74, 6) is 1.64. The SMILES string of the molecule is FC(F)(F)CNCCN1CC2CCCC2C1. The zero-order chi connectivity index (χ0) is 11.6. The molecule has 0 bridgehead atoms. The lowest BCUT2D eigenvalue weighted by molar-refractivity contribution is -0.124. The molecule has 2 unspecified atom stereocenters. The highest BCUT2D eigenvalue weighted by atomic mass is 19.4. The van der Waals surface area contributed by atoms with Gasteiger partial charge in [0.2, 0.25) is 0 Å². The summed E-state index contributed by atoms with van der Waals surface area (Å²) in [5, 5.41) is 2.45. The third-order valence-corrected chi connectivity index (χ3v) is 3.73. The fourth-order valence-electron chi connectivity index (χ4n) is 2.98. The molecule has 2 fully saturated rings. The molecule has 1 heterocycles. The van der Waals surface area contributed by atoms with Crippen molar-refractivity contribution >= 4 is 0 Å². The van der Waals surface area contributed by atoms with Crippen LogP contribution in [0.15, 0.2) is 0 Å². The molecule has 1 N–H and O–H groups in total. The summed E-state index contributed by atoms with van der Waals surface area (Å²) < 4.78 is 35.6. The first-order valence-electron chi connectivity index (χ1n) is 6.04. The minimum absolute atomic E-state index is 0.443. The third-order valence-electron chi connectivity index (χ3n) is 3.73. The van der Waals surface area contributed by atoms with E-state index < -0.39 is 12.7 Å². The molecule has 2 nitrogen and oxygen atoms in total. The van der Waals surface area contributed by atoms with Crippen LogP contribution in [0.3, 0.4) is 0 Å². The molecular formula is C11H19F3N2. The number of alkyl halides is 3. The first kappa shape index (κ1) is 12.2. The number of hydrogen-bond donors (Lipinski definition) is 1. The molecule has 1 saturated carbocycles. The van der Waals surface area contributed by atoms with Gasteiger partial charge in [0.25, 0.3) is 0 Å². The van der Waals surface area contributed by atoms with Crippen LogP contribution in [0.4, 0.5) is 13.2 Å². The molecule has 1 aliphatic carbocycles. The van der Waals surface area contributed by atoms with E-state index in [0.29, 0.717) is 6.54 Å². The molecule has 0 spiro atoms.